The maximum atomic E-state index is 12.9. The molecule has 0 radical (unpaired) electrons. The molecular formula is C21H17Cl2N5O5. The molecule has 0 spiro atoms. The van der Waals surface area contributed by atoms with Crippen molar-refractivity contribution in [2.24, 2.45) is 0 Å². The van der Waals surface area contributed by atoms with E-state index in [9.17, 15) is 24.5 Å². The van der Waals surface area contributed by atoms with Crippen LogP contribution in [0, 0.1) is 17.0 Å². The fourth-order valence-electron chi connectivity index (χ4n) is 2.98. The normalized spacial score (nSPS) is 10.5. The Bertz CT molecular complexity index is 1320. The van der Waals surface area contributed by atoms with Crippen LogP contribution < -0.4 is 10.7 Å². The molecule has 0 saturated heterocycles. The van der Waals surface area contributed by atoms with Crippen LogP contribution in [0.3, 0.4) is 0 Å². The molecule has 0 aliphatic rings. The SMILES string of the molecule is Cc1cc(=O)c(C(=O)N(C)CC(=O)Nc2ccc(Cl)c(Cl)c2)nn1-c1ccccc1[N+](=O)[O-]. The first-order valence-corrected chi connectivity index (χ1v) is 10.2. The van der Waals surface area contributed by atoms with Crippen molar-refractivity contribution in [3.05, 3.63) is 90.3 Å². The lowest BCUT2D eigenvalue weighted by Gasteiger charge is -2.17. The number of hydrogen-bond donors (Lipinski definition) is 1. The van der Waals surface area contributed by atoms with Gasteiger partial charge in [-0.1, -0.05) is 35.3 Å². The van der Waals surface area contributed by atoms with E-state index < -0.39 is 27.9 Å². The Hall–Kier alpha value is -3.76. The molecule has 0 fully saturated rings. The number of nitro benzene ring substituents is 1. The molecule has 0 bridgehead atoms. The van der Waals surface area contributed by atoms with Crippen LogP contribution in [0.4, 0.5) is 11.4 Å². The van der Waals surface area contributed by atoms with Crippen LogP contribution in [0.2, 0.25) is 10.0 Å². The van der Waals surface area contributed by atoms with E-state index >= 15 is 0 Å². The minimum atomic E-state index is -0.823. The number of nitrogens with one attached hydrogen (secondary N) is 1. The summed E-state index contributed by atoms with van der Waals surface area (Å²) in [5.41, 5.74) is -0.639. The molecule has 0 aliphatic carbocycles. The van der Waals surface area contributed by atoms with Gasteiger partial charge in [0.2, 0.25) is 11.3 Å². The van der Waals surface area contributed by atoms with E-state index in [0.29, 0.717) is 16.4 Å². The van der Waals surface area contributed by atoms with Gasteiger partial charge < -0.3 is 10.2 Å². The van der Waals surface area contributed by atoms with Crippen molar-refractivity contribution >= 4 is 46.4 Å². The summed E-state index contributed by atoms with van der Waals surface area (Å²) in [6.45, 7) is 1.15. The molecule has 0 aliphatic heterocycles. The van der Waals surface area contributed by atoms with Crippen molar-refractivity contribution in [1.29, 1.82) is 0 Å². The number of para-hydroxylation sites is 2. The molecule has 33 heavy (non-hydrogen) atoms. The lowest BCUT2D eigenvalue weighted by atomic mass is 10.2. The summed E-state index contributed by atoms with van der Waals surface area (Å²) in [7, 11) is 1.33. The van der Waals surface area contributed by atoms with Crippen molar-refractivity contribution in [3.8, 4) is 5.69 Å². The number of carbonyl (C=O) groups is 2. The highest BCUT2D eigenvalue weighted by Gasteiger charge is 2.23. The number of nitrogens with zero attached hydrogens (tertiary/aromatic N) is 4. The Morgan fingerprint density at radius 1 is 1.15 bits per heavy atom. The van der Waals surface area contributed by atoms with Crippen LogP contribution in [-0.2, 0) is 4.79 Å². The summed E-state index contributed by atoms with van der Waals surface area (Å²) in [6.07, 6.45) is 0. The predicted molar refractivity (Wildman–Crippen MR) is 123 cm³/mol. The van der Waals surface area contributed by atoms with Crippen LogP contribution in [0.25, 0.3) is 5.69 Å². The summed E-state index contributed by atoms with van der Waals surface area (Å²) in [5, 5.41) is 18.6. The van der Waals surface area contributed by atoms with E-state index in [1.165, 1.54) is 44.3 Å². The number of halogens is 2. The number of amides is 2. The third-order valence-electron chi connectivity index (χ3n) is 4.55. The van der Waals surface area contributed by atoms with Crippen molar-refractivity contribution in [2.45, 2.75) is 6.92 Å². The largest absolute Gasteiger partial charge is 0.331 e. The average Bonchev–Trinajstić information content (AvgIpc) is 2.76. The number of likely N-dealkylation sites (N-methyl/N-ethyl adjacent to an activating group) is 1. The molecule has 1 heterocycles. The third-order valence-corrected chi connectivity index (χ3v) is 5.29. The first-order chi connectivity index (χ1) is 15.6. The molecule has 1 N–H and O–H groups in total. The van der Waals surface area contributed by atoms with Crippen molar-refractivity contribution in [1.82, 2.24) is 14.7 Å². The zero-order valence-corrected chi connectivity index (χ0v) is 18.9. The molecule has 1 aromatic heterocycles. The number of hydrogen-bond acceptors (Lipinski definition) is 6. The van der Waals surface area contributed by atoms with Gasteiger partial charge in [-0.2, -0.15) is 5.10 Å². The smallest absolute Gasteiger partial charge is 0.294 e. The average molecular weight is 490 g/mol. The number of anilines is 1. The Labute approximate surface area is 197 Å². The lowest BCUT2D eigenvalue weighted by molar-refractivity contribution is -0.384. The topological polar surface area (TPSA) is 127 Å². The Morgan fingerprint density at radius 3 is 2.52 bits per heavy atom. The summed E-state index contributed by atoms with van der Waals surface area (Å²) in [4.78, 5) is 49.5. The zero-order valence-electron chi connectivity index (χ0n) is 17.4. The van der Waals surface area contributed by atoms with Gasteiger partial charge in [0.05, 0.1) is 21.5 Å². The van der Waals surface area contributed by atoms with Crippen LogP contribution in [0.1, 0.15) is 16.2 Å². The predicted octanol–water partition coefficient (Wildman–Crippen LogP) is 3.47. The van der Waals surface area contributed by atoms with Gasteiger partial charge >= 0.3 is 0 Å². The number of rotatable bonds is 6. The van der Waals surface area contributed by atoms with Crippen LogP contribution in [0.15, 0.2) is 53.3 Å². The molecule has 2 aromatic carbocycles. The minimum absolute atomic E-state index is 0.0917. The first kappa shape index (κ1) is 23.9. The monoisotopic (exact) mass is 489 g/mol. The molecule has 0 unspecified atom stereocenters. The van der Waals surface area contributed by atoms with Crippen molar-refractivity contribution in [3.63, 3.8) is 0 Å². The van der Waals surface area contributed by atoms with E-state index in [1.54, 1.807) is 12.1 Å². The van der Waals surface area contributed by atoms with Gasteiger partial charge in [-0.15, -0.1) is 0 Å². The fourth-order valence-corrected chi connectivity index (χ4v) is 3.28. The highest BCUT2D eigenvalue weighted by Crippen LogP contribution is 2.25. The maximum Gasteiger partial charge on any atom is 0.294 e. The van der Waals surface area contributed by atoms with Gasteiger partial charge in [0, 0.05) is 30.6 Å². The second kappa shape index (κ2) is 9.80. The van der Waals surface area contributed by atoms with Crippen LogP contribution >= 0.6 is 23.2 Å². The molecule has 2 amide bonds. The lowest BCUT2D eigenvalue weighted by Crippen LogP contribution is -2.38. The van der Waals surface area contributed by atoms with Gasteiger partial charge in [0.25, 0.3) is 11.6 Å². The van der Waals surface area contributed by atoms with Crippen molar-refractivity contribution in [2.75, 3.05) is 18.9 Å². The van der Waals surface area contributed by atoms with E-state index in [0.717, 1.165) is 15.6 Å². The van der Waals surface area contributed by atoms with E-state index in [-0.39, 0.29) is 22.9 Å². The maximum absolute atomic E-state index is 12.9. The van der Waals surface area contributed by atoms with Crippen molar-refractivity contribution < 1.29 is 14.5 Å². The molecule has 10 nitrogen and oxygen atoms in total. The van der Waals surface area contributed by atoms with Gasteiger partial charge in [-0.25, -0.2) is 4.68 Å². The Kier molecular flexibility index (Phi) is 7.10. The molecule has 3 rings (SSSR count). The van der Waals surface area contributed by atoms with Crippen LogP contribution in [-0.4, -0.2) is 45.0 Å². The second-order valence-electron chi connectivity index (χ2n) is 6.99. The molecule has 170 valence electrons. The standard InChI is InChI=1S/C21H17Cl2N5O5/c1-12-9-18(29)20(25-27(12)16-5-3-4-6-17(16)28(32)33)21(31)26(2)11-19(30)24-13-7-8-14(22)15(23)10-13/h3-10H,11H2,1-2H3,(H,24,30). The summed E-state index contributed by atoms with van der Waals surface area (Å²) >= 11 is 11.8. The van der Waals surface area contributed by atoms with Gasteiger partial charge in [0.1, 0.15) is 5.69 Å². The molecule has 12 heteroatoms. The zero-order chi connectivity index (χ0) is 24.3. The second-order valence-corrected chi connectivity index (χ2v) is 7.81. The number of aryl methyl sites for hydroxylation is 1. The number of nitro groups is 1. The number of benzene rings is 2. The highest BCUT2D eigenvalue weighted by atomic mass is 35.5. The number of carbonyl (C=O) groups excluding carboxylic acids is 2. The first-order valence-electron chi connectivity index (χ1n) is 9.43. The number of aromatic nitrogens is 2. The molecule has 3 aromatic rings. The molecule has 0 atom stereocenters. The van der Waals surface area contributed by atoms with Crippen LogP contribution in [0.5, 0.6) is 0 Å². The molecular weight excluding hydrogens is 473 g/mol. The third kappa shape index (κ3) is 5.36. The minimum Gasteiger partial charge on any atom is -0.331 e. The van der Waals surface area contributed by atoms with E-state index in [2.05, 4.69) is 10.4 Å². The summed E-state index contributed by atoms with van der Waals surface area (Å²) < 4.78 is 1.15. The quantitative estimate of drug-likeness (QED) is 0.417. The van der Waals surface area contributed by atoms with E-state index in [1.807, 2.05) is 0 Å². The van der Waals surface area contributed by atoms with Gasteiger partial charge in [-0.05, 0) is 31.2 Å². The van der Waals surface area contributed by atoms with E-state index in [4.69, 9.17) is 23.2 Å². The van der Waals surface area contributed by atoms with Gasteiger partial charge in [-0.3, -0.25) is 24.5 Å². The summed E-state index contributed by atoms with van der Waals surface area (Å²) in [6, 6.07) is 11.5. The summed E-state index contributed by atoms with van der Waals surface area (Å²) in [5.74, 6) is -1.37. The Morgan fingerprint density at radius 2 is 1.85 bits per heavy atom. The fraction of sp³-hybridized carbons (Fsp3) is 0.143. The molecule has 0 saturated carbocycles. The highest BCUT2D eigenvalue weighted by molar-refractivity contribution is 6.42. The van der Waals surface area contributed by atoms with Gasteiger partial charge in [0.15, 0.2) is 5.69 Å². The Balaban J connectivity index is 1.85.